The van der Waals surface area contributed by atoms with Gasteiger partial charge in [-0.25, -0.2) is 0 Å². The monoisotopic (exact) mass is 342 g/mol. The molecule has 1 fully saturated rings. The maximum absolute atomic E-state index is 11.3. The minimum absolute atomic E-state index is 0.254. The molecule has 0 heterocycles. The molecule has 2 rings (SSSR count). The molecule has 1 aromatic carbocycles. The third kappa shape index (κ3) is 2.83. The number of carbonyl (C=O) groups is 1. The van der Waals surface area contributed by atoms with Crippen molar-refractivity contribution < 1.29 is 19.7 Å². The minimum Gasteiger partial charge on any atom is -0.496 e. The van der Waals surface area contributed by atoms with Gasteiger partial charge in [-0.05, 0) is 37.5 Å². The lowest BCUT2D eigenvalue weighted by Crippen LogP contribution is -2.24. The SMILES string of the molecule is COc1cc(C)c(Br)cc1C(O)C1CCCC1C(=O)O. The molecule has 2 N–H and O–H groups in total. The number of hydrogen-bond donors (Lipinski definition) is 2. The van der Waals surface area contributed by atoms with E-state index in [9.17, 15) is 15.0 Å². The molecule has 4 nitrogen and oxygen atoms in total. The van der Waals surface area contributed by atoms with Gasteiger partial charge in [0.1, 0.15) is 5.75 Å². The van der Waals surface area contributed by atoms with Gasteiger partial charge in [0.2, 0.25) is 0 Å². The van der Waals surface area contributed by atoms with Crippen LogP contribution in [0.25, 0.3) is 0 Å². The first-order chi connectivity index (χ1) is 9.45. The summed E-state index contributed by atoms with van der Waals surface area (Å²) in [6, 6.07) is 3.68. The van der Waals surface area contributed by atoms with Crippen molar-refractivity contribution in [2.24, 2.45) is 11.8 Å². The predicted molar refractivity (Wildman–Crippen MR) is 78.9 cm³/mol. The van der Waals surface area contributed by atoms with Crippen LogP contribution in [-0.2, 0) is 4.79 Å². The topological polar surface area (TPSA) is 66.8 Å². The summed E-state index contributed by atoms with van der Waals surface area (Å²) in [6.07, 6.45) is 1.39. The second-order valence-electron chi connectivity index (χ2n) is 5.33. The largest absolute Gasteiger partial charge is 0.496 e. The Morgan fingerprint density at radius 3 is 2.75 bits per heavy atom. The van der Waals surface area contributed by atoms with E-state index < -0.39 is 18.0 Å². The van der Waals surface area contributed by atoms with Crippen LogP contribution in [0.3, 0.4) is 0 Å². The Bertz CT molecular complexity index is 515. The Hall–Kier alpha value is -1.07. The number of carboxylic acids is 1. The molecule has 0 radical (unpaired) electrons. The molecule has 1 aromatic rings. The van der Waals surface area contributed by atoms with E-state index in [2.05, 4.69) is 15.9 Å². The molecule has 0 aliphatic heterocycles. The summed E-state index contributed by atoms with van der Waals surface area (Å²) in [5, 5.41) is 19.9. The van der Waals surface area contributed by atoms with Crippen LogP contribution in [0.4, 0.5) is 0 Å². The van der Waals surface area contributed by atoms with Gasteiger partial charge in [0, 0.05) is 16.0 Å². The van der Waals surface area contributed by atoms with Crippen LogP contribution < -0.4 is 4.74 Å². The Labute approximate surface area is 126 Å². The molecule has 0 saturated heterocycles. The molecule has 20 heavy (non-hydrogen) atoms. The van der Waals surface area contributed by atoms with Crippen LogP contribution in [0.5, 0.6) is 5.75 Å². The lowest BCUT2D eigenvalue weighted by Gasteiger charge is -2.24. The molecule has 1 aliphatic rings. The van der Waals surface area contributed by atoms with E-state index >= 15 is 0 Å². The summed E-state index contributed by atoms with van der Waals surface area (Å²) in [7, 11) is 1.56. The van der Waals surface area contributed by atoms with Gasteiger partial charge in [-0.1, -0.05) is 22.4 Å². The van der Waals surface area contributed by atoms with Gasteiger partial charge in [0.05, 0.1) is 19.1 Å². The molecule has 1 saturated carbocycles. The highest BCUT2D eigenvalue weighted by Crippen LogP contribution is 2.43. The standard InChI is InChI=1S/C15H19BrO4/c1-8-6-13(20-2)11(7-12(8)16)14(17)9-4-3-5-10(9)15(18)19/h6-7,9-10,14,17H,3-5H2,1-2H3,(H,18,19). The summed E-state index contributed by atoms with van der Waals surface area (Å²) >= 11 is 3.45. The van der Waals surface area contributed by atoms with Gasteiger partial charge in [0.15, 0.2) is 0 Å². The van der Waals surface area contributed by atoms with E-state index in [0.717, 1.165) is 22.9 Å². The molecule has 3 unspecified atom stereocenters. The number of benzene rings is 1. The number of methoxy groups -OCH3 is 1. The van der Waals surface area contributed by atoms with E-state index in [1.165, 1.54) is 0 Å². The highest BCUT2D eigenvalue weighted by molar-refractivity contribution is 9.10. The van der Waals surface area contributed by atoms with Gasteiger partial charge in [0.25, 0.3) is 0 Å². The van der Waals surface area contributed by atoms with Crippen molar-refractivity contribution in [3.8, 4) is 5.75 Å². The number of aryl methyl sites for hydroxylation is 1. The fourth-order valence-electron chi connectivity index (χ4n) is 2.98. The van der Waals surface area contributed by atoms with Crippen molar-refractivity contribution >= 4 is 21.9 Å². The summed E-state index contributed by atoms with van der Waals surface area (Å²) in [6.45, 7) is 1.94. The van der Waals surface area contributed by atoms with Crippen molar-refractivity contribution in [2.45, 2.75) is 32.3 Å². The first kappa shape index (κ1) is 15.3. The van der Waals surface area contributed by atoms with E-state index in [4.69, 9.17) is 4.74 Å². The van der Waals surface area contributed by atoms with Crippen LogP contribution >= 0.6 is 15.9 Å². The molecule has 3 atom stereocenters. The van der Waals surface area contributed by atoms with Crippen LogP contribution in [0, 0.1) is 18.8 Å². The lowest BCUT2D eigenvalue weighted by atomic mass is 9.86. The van der Waals surface area contributed by atoms with Crippen molar-refractivity contribution in [3.63, 3.8) is 0 Å². The Morgan fingerprint density at radius 2 is 2.15 bits per heavy atom. The zero-order valence-electron chi connectivity index (χ0n) is 11.6. The van der Waals surface area contributed by atoms with Crippen molar-refractivity contribution in [3.05, 3.63) is 27.7 Å². The molecule has 0 amide bonds. The van der Waals surface area contributed by atoms with Crippen molar-refractivity contribution in [1.82, 2.24) is 0 Å². The average Bonchev–Trinajstić information content (AvgIpc) is 2.90. The zero-order chi connectivity index (χ0) is 14.9. The van der Waals surface area contributed by atoms with Crippen LogP contribution in [-0.4, -0.2) is 23.3 Å². The van der Waals surface area contributed by atoms with Crippen LogP contribution in [0.2, 0.25) is 0 Å². The van der Waals surface area contributed by atoms with E-state index in [1.807, 2.05) is 19.1 Å². The number of carboxylic acid groups (broad SMARTS) is 1. The number of halogens is 1. The van der Waals surface area contributed by atoms with Gasteiger partial charge in [-0.3, -0.25) is 4.79 Å². The van der Waals surface area contributed by atoms with E-state index in [-0.39, 0.29) is 5.92 Å². The number of aliphatic hydroxyl groups excluding tert-OH is 1. The molecule has 0 spiro atoms. The summed E-state index contributed by atoms with van der Waals surface area (Å²) in [4.78, 5) is 11.3. The second-order valence-corrected chi connectivity index (χ2v) is 6.18. The van der Waals surface area contributed by atoms with E-state index in [0.29, 0.717) is 17.7 Å². The van der Waals surface area contributed by atoms with Crippen molar-refractivity contribution in [2.75, 3.05) is 7.11 Å². The molecular weight excluding hydrogens is 324 g/mol. The van der Waals surface area contributed by atoms with Gasteiger partial charge < -0.3 is 14.9 Å². The maximum Gasteiger partial charge on any atom is 0.306 e. The smallest absolute Gasteiger partial charge is 0.306 e. The summed E-state index contributed by atoms with van der Waals surface area (Å²) in [5.41, 5.74) is 1.67. The fraction of sp³-hybridized carbons (Fsp3) is 0.533. The molecule has 110 valence electrons. The first-order valence-electron chi connectivity index (χ1n) is 6.70. The Kier molecular flexibility index (Phi) is 4.70. The van der Waals surface area contributed by atoms with E-state index in [1.54, 1.807) is 7.11 Å². The summed E-state index contributed by atoms with van der Waals surface area (Å²) in [5.74, 6) is -0.947. The molecule has 5 heteroatoms. The number of rotatable bonds is 4. The molecular formula is C15H19BrO4. The normalized spacial score (nSPS) is 23.6. The first-order valence-corrected chi connectivity index (χ1v) is 7.50. The molecule has 1 aliphatic carbocycles. The maximum atomic E-state index is 11.3. The average molecular weight is 343 g/mol. The number of aliphatic hydroxyl groups is 1. The van der Waals surface area contributed by atoms with Crippen molar-refractivity contribution in [1.29, 1.82) is 0 Å². The molecule has 0 aromatic heterocycles. The van der Waals surface area contributed by atoms with Crippen LogP contribution in [0.1, 0.15) is 36.5 Å². The summed E-state index contributed by atoms with van der Waals surface area (Å²) < 4.78 is 6.22. The minimum atomic E-state index is -0.823. The zero-order valence-corrected chi connectivity index (χ0v) is 13.2. The predicted octanol–water partition coefficient (Wildman–Crippen LogP) is 3.30. The fourth-order valence-corrected chi connectivity index (χ4v) is 3.34. The quantitative estimate of drug-likeness (QED) is 0.880. The Morgan fingerprint density at radius 1 is 1.45 bits per heavy atom. The molecule has 0 bridgehead atoms. The van der Waals surface area contributed by atoms with Gasteiger partial charge >= 0.3 is 5.97 Å². The third-order valence-electron chi connectivity index (χ3n) is 4.12. The lowest BCUT2D eigenvalue weighted by molar-refractivity contribution is -0.144. The highest BCUT2D eigenvalue weighted by atomic mass is 79.9. The van der Waals surface area contributed by atoms with Crippen LogP contribution in [0.15, 0.2) is 16.6 Å². The Balaban J connectivity index is 2.35. The number of aliphatic carboxylic acids is 1. The highest BCUT2D eigenvalue weighted by Gasteiger charge is 2.39. The van der Waals surface area contributed by atoms with Gasteiger partial charge in [-0.15, -0.1) is 0 Å². The third-order valence-corrected chi connectivity index (χ3v) is 4.98. The number of hydrogen-bond acceptors (Lipinski definition) is 3. The second kappa shape index (κ2) is 6.14. The van der Waals surface area contributed by atoms with Gasteiger partial charge in [-0.2, -0.15) is 0 Å². The number of ether oxygens (including phenoxy) is 1.